The van der Waals surface area contributed by atoms with Gasteiger partial charge in [0.05, 0.1) is 11.3 Å². The molecule has 0 atom stereocenters. The number of rotatable bonds is 3. The second-order valence-corrected chi connectivity index (χ2v) is 5.99. The third kappa shape index (κ3) is 3.77. The summed E-state index contributed by atoms with van der Waals surface area (Å²) in [6, 6.07) is 3.91. The minimum atomic E-state index is -4.61. The summed E-state index contributed by atoms with van der Waals surface area (Å²) in [6.07, 6.45) is -5.07. The summed E-state index contributed by atoms with van der Waals surface area (Å²) in [5, 5.41) is 12.2. The van der Waals surface area contributed by atoms with Crippen molar-refractivity contribution >= 4 is 41.1 Å². The lowest BCUT2D eigenvalue weighted by atomic mass is 10.1. The highest BCUT2D eigenvalue weighted by Crippen LogP contribution is 2.33. The maximum atomic E-state index is 12.8. The first-order valence-corrected chi connectivity index (χ1v) is 8.12. The summed E-state index contributed by atoms with van der Waals surface area (Å²) in [5.74, 6) is -1.80. The molecule has 140 valence electrons. The van der Waals surface area contributed by atoms with Gasteiger partial charge in [0.25, 0.3) is 11.8 Å². The summed E-state index contributed by atoms with van der Waals surface area (Å²) < 4.78 is 43.1. The number of nitrogens with zero attached hydrogens (tertiary/aromatic N) is 1. The third-order valence-electron chi connectivity index (χ3n) is 3.47. The van der Waals surface area contributed by atoms with Crippen molar-refractivity contribution in [3.63, 3.8) is 0 Å². The molecule has 2 heterocycles. The number of hydrogen-bond donors (Lipinski definition) is 2. The predicted molar refractivity (Wildman–Crippen MR) is 88.0 cm³/mol. The normalized spacial score (nSPS) is 16.0. The average Bonchev–Trinajstić information content (AvgIpc) is 3.13. The van der Waals surface area contributed by atoms with E-state index in [0.29, 0.717) is 5.01 Å². The monoisotopic (exact) mass is 398 g/mol. The van der Waals surface area contributed by atoms with E-state index in [0.717, 1.165) is 35.6 Å². The topological polar surface area (TPSA) is 95.9 Å². The Labute approximate surface area is 153 Å². The SMILES string of the molecule is O=C(O)Oc1cscc1C=C1C(=O)NN(c2cccc(C(F)(F)F)c2)C1=O. The van der Waals surface area contributed by atoms with Crippen LogP contribution in [-0.2, 0) is 15.8 Å². The second kappa shape index (κ2) is 6.76. The van der Waals surface area contributed by atoms with Gasteiger partial charge in [-0.3, -0.25) is 15.0 Å². The van der Waals surface area contributed by atoms with Gasteiger partial charge in [-0.15, -0.1) is 11.3 Å². The van der Waals surface area contributed by atoms with Crippen LogP contribution in [0.4, 0.5) is 23.7 Å². The van der Waals surface area contributed by atoms with Crippen LogP contribution in [0.1, 0.15) is 11.1 Å². The van der Waals surface area contributed by atoms with Crippen LogP contribution in [0.5, 0.6) is 5.75 Å². The van der Waals surface area contributed by atoms with Crippen molar-refractivity contribution in [1.82, 2.24) is 5.43 Å². The molecule has 7 nitrogen and oxygen atoms in total. The maximum Gasteiger partial charge on any atom is 0.511 e. The molecule has 2 amide bonds. The van der Waals surface area contributed by atoms with Crippen LogP contribution in [0.25, 0.3) is 6.08 Å². The van der Waals surface area contributed by atoms with Gasteiger partial charge in [0.15, 0.2) is 5.75 Å². The molecule has 11 heteroatoms. The molecular formula is C16H9F3N2O5S. The number of hydrogen-bond acceptors (Lipinski definition) is 5. The highest BCUT2D eigenvalue weighted by atomic mass is 32.1. The number of ether oxygens (including phenoxy) is 1. The molecule has 2 N–H and O–H groups in total. The van der Waals surface area contributed by atoms with Crippen LogP contribution in [-0.4, -0.2) is 23.1 Å². The van der Waals surface area contributed by atoms with Crippen molar-refractivity contribution in [3.05, 3.63) is 51.7 Å². The van der Waals surface area contributed by atoms with Gasteiger partial charge in [-0.25, -0.2) is 9.80 Å². The third-order valence-corrected chi connectivity index (χ3v) is 4.22. The molecule has 1 saturated heterocycles. The van der Waals surface area contributed by atoms with E-state index in [1.807, 2.05) is 0 Å². The molecule has 0 bridgehead atoms. The molecule has 3 rings (SSSR count). The Balaban J connectivity index is 1.92. The molecule has 27 heavy (non-hydrogen) atoms. The zero-order valence-corrected chi connectivity index (χ0v) is 13.9. The van der Waals surface area contributed by atoms with E-state index in [1.54, 1.807) is 0 Å². The van der Waals surface area contributed by atoms with E-state index in [-0.39, 0.29) is 22.6 Å². The Morgan fingerprint density at radius 1 is 1.26 bits per heavy atom. The number of carboxylic acid groups (broad SMARTS) is 1. The zero-order chi connectivity index (χ0) is 19.8. The van der Waals surface area contributed by atoms with Gasteiger partial charge in [0, 0.05) is 16.3 Å². The molecule has 0 radical (unpaired) electrons. The predicted octanol–water partition coefficient (Wildman–Crippen LogP) is 3.29. The lowest BCUT2D eigenvalue weighted by Gasteiger charge is -2.16. The maximum absolute atomic E-state index is 12.8. The average molecular weight is 398 g/mol. The van der Waals surface area contributed by atoms with E-state index in [4.69, 9.17) is 5.11 Å². The number of hydrazine groups is 1. The van der Waals surface area contributed by atoms with Gasteiger partial charge in [0.2, 0.25) is 0 Å². The smallest absolute Gasteiger partial charge is 0.449 e. The summed E-state index contributed by atoms with van der Waals surface area (Å²) in [5.41, 5.74) is 0.831. The standard InChI is InChI=1S/C16H9F3N2O5S/c17-16(18,19)9-2-1-3-10(5-9)21-14(23)11(13(22)20-21)4-8-6-27-7-12(8)26-15(24)25/h1-7H,(H,20,22)(H,24,25). The van der Waals surface area contributed by atoms with E-state index in [9.17, 15) is 27.6 Å². The van der Waals surface area contributed by atoms with Crippen LogP contribution < -0.4 is 15.2 Å². The molecule has 0 saturated carbocycles. The molecule has 0 unspecified atom stereocenters. The first-order chi connectivity index (χ1) is 12.7. The minimum Gasteiger partial charge on any atom is -0.449 e. The van der Waals surface area contributed by atoms with Crippen molar-refractivity contribution in [3.8, 4) is 5.75 Å². The number of thiophene rings is 1. The van der Waals surface area contributed by atoms with Gasteiger partial charge < -0.3 is 9.84 Å². The van der Waals surface area contributed by atoms with Gasteiger partial charge in [-0.2, -0.15) is 13.2 Å². The molecule has 0 aliphatic carbocycles. The first kappa shape index (κ1) is 18.5. The molecule has 1 fully saturated rings. The lowest BCUT2D eigenvalue weighted by Crippen LogP contribution is -2.35. The van der Waals surface area contributed by atoms with Crippen LogP contribution in [0.2, 0.25) is 0 Å². The van der Waals surface area contributed by atoms with Crippen molar-refractivity contribution in [1.29, 1.82) is 0 Å². The fourth-order valence-electron chi connectivity index (χ4n) is 2.29. The molecular weight excluding hydrogens is 389 g/mol. The van der Waals surface area contributed by atoms with Gasteiger partial charge in [-0.1, -0.05) is 6.07 Å². The van der Waals surface area contributed by atoms with Crippen molar-refractivity contribution < 1.29 is 37.4 Å². The fraction of sp³-hybridized carbons (Fsp3) is 0.0625. The quantitative estimate of drug-likeness (QED) is 0.470. The number of alkyl halides is 3. The van der Waals surface area contributed by atoms with Gasteiger partial charge in [0.1, 0.15) is 5.57 Å². The Kier molecular flexibility index (Phi) is 4.62. The number of benzene rings is 1. The second-order valence-electron chi connectivity index (χ2n) is 5.25. The highest BCUT2D eigenvalue weighted by molar-refractivity contribution is 7.08. The van der Waals surface area contributed by atoms with Crippen LogP contribution in [0, 0.1) is 0 Å². The number of carbonyl (C=O) groups is 3. The van der Waals surface area contributed by atoms with Crippen molar-refractivity contribution in [2.75, 3.05) is 5.01 Å². The Morgan fingerprint density at radius 2 is 2.00 bits per heavy atom. The number of halogens is 3. The molecule has 1 aliphatic rings. The molecule has 2 aromatic rings. The largest absolute Gasteiger partial charge is 0.511 e. The Morgan fingerprint density at radius 3 is 2.67 bits per heavy atom. The van der Waals surface area contributed by atoms with Crippen LogP contribution in [0.15, 0.2) is 40.6 Å². The number of anilines is 1. The van der Waals surface area contributed by atoms with Crippen LogP contribution in [0.3, 0.4) is 0 Å². The molecule has 1 aromatic heterocycles. The number of carbonyl (C=O) groups excluding carboxylic acids is 2. The van der Waals surface area contributed by atoms with Gasteiger partial charge >= 0.3 is 12.3 Å². The summed E-state index contributed by atoms with van der Waals surface area (Å²) in [4.78, 5) is 35.2. The molecule has 1 aliphatic heterocycles. The highest BCUT2D eigenvalue weighted by Gasteiger charge is 2.36. The minimum absolute atomic E-state index is 0.0712. The van der Waals surface area contributed by atoms with Crippen molar-refractivity contribution in [2.24, 2.45) is 0 Å². The Bertz CT molecular complexity index is 967. The summed E-state index contributed by atoms with van der Waals surface area (Å²) in [6.45, 7) is 0. The van der Waals surface area contributed by atoms with E-state index >= 15 is 0 Å². The first-order valence-electron chi connectivity index (χ1n) is 7.18. The summed E-state index contributed by atoms with van der Waals surface area (Å²) >= 11 is 1.08. The summed E-state index contributed by atoms with van der Waals surface area (Å²) in [7, 11) is 0. The molecule has 0 spiro atoms. The lowest BCUT2D eigenvalue weighted by molar-refractivity contribution is -0.137. The molecule has 1 aromatic carbocycles. The number of amides is 2. The van der Waals surface area contributed by atoms with Crippen molar-refractivity contribution in [2.45, 2.75) is 6.18 Å². The van der Waals surface area contributed by atoms with E-state index in [1.165, 1.54) is 16.8 Å². The Hall–Kier alpha value is -3.34. The number of nitrogens with one attached hydrogen (secondary N) is 1. The van der Waals surface area contributed by atoms with E-state index < -0.39 is 29.7 Å². The van der Waals surface area contributed by atoms with E-state index in [2.05, 4.69) is 10.2 Å². The zero-order valence-electron chi connectivity index (χ0n) is 13.1. The fourth-order valence-corrected chi connectivity index (χ4v) is 3.00. The van der Waals surface area contributed by atoms with Gasteiger partial charge in [-0.05, 0) is 24.3 Å². The van der Waals surface area contributed by atoms with Crippen LogP contribution >= 0.6 is 11.3 Å².